The summed E-state index contributed by atoms with van der Waals surface area (Å²) in [7, 11) is 0. The quantitative estimate of drug-likeness (QED) is 0.236. The van der Waals surface area contributed by atoms with Crippen LogP contribution in [-0.4, -0.2) is 92.4 Å². The Hall–Kier alpha value is -0.810. The summed E-state index contributed by atoms with van der Waals surface area (Å²) in [5, 5.41) is 61.5. The highest BCUT2D eigenvalue weighted by atomic mass is 16.5. The normalized spacial score (nSPS) is 33.5. The van der Waals surface area contributed by atoms with Gasteiger partial charge in [-0.1, -0.05) is 13.8 Å². The molecule has 0 radical (unpaired) electrons. The Morgan fingerprint density at radius 3 is 2.32 bits per heavy atom. The minimum absolute atomic E-state index is 0.108. The Morgan fingerprint density at radius 1 is 1.16 bits per heavy atom. The third-order valence-corrected chi connectivity index (χ3v) is 4.72. The van der Waals surface area contributed by atoms with Crippen LogP contribution in [0.15, 0.2) is 0 Å². The number of rotatable bonds is 9. The number of hydrogen-bond donors (Lipinski definition) is 7. The molecule has 0 saturated heterocycles. The molecule has 1 saturated carbocycles. The van der Waals surface area contributed by atoms with Gasteiger partial charge >= 0.3 is 0 Å². The molecule has 9 nitrogen and oxygen atoms in total. The fourth-order valence-corrected chi connectivity index (χ4v) is 2.90. The molecule has 0 bridgehead atoms. The van der Waals surface area contributed by atoms with E-state index in [0.717, 1.165) is 0 Å². The molecule has 1 aliphatic carbocycles. The van der Waals surface area contributed by atoms with Crippen molar-refractivity contribution in [3.63, 3.8) is 0 Å². The van der Waals surface area contributed by atoms with Gasteiger partial charge in [-0.15, -0.1) is 0 Å². The summed E-state index contributed by atoms with van der Waals surface area (Å²) in [4.78, 5) is 11.6. The van der Waals surface area contributed by atoms with E-state index in [2.05, 4.69) is 5.32 Å². The zero-order chi connectivity index (χ0) is 19.1. The molecule has 0 aromatic heterocycles. The largest absolute Gasteiger partial charge is 0.396 e. The van der Waals surface area contributed by atoms with Gasteiger partial charge in [0.05, 0.1) is 31.0 Å². The summed E-state index contributed by atoms with van der Waals surface area (Å²) < 4.78 is 5.55. The lowest BCUT2D eigenvalue weighted by atomic mass is 9.81. The predicted octanol–water partition coefficient (Wildman–Crippen LogP) is -2.51. The van der Waals surface area contributed by atoms with Crippen molar-refractivity contribution in [1.82, 2.24) is 5.32 Å². The maximum Gasteiger partial charge on any atom is 0.220 e. The maximum atomic E-state index is 11.6. The molecule has 0 aromatic carbocycles. The van der Waals surface area contributed by atoms with E-state index in [4.69, 9.17) is 4.74 Å². The molecule has 1 rings (SSSR count). The first-order valence-electron chi connectivity index (χ1n) is 8.68. The number of carbonyl (C=O) groups excluding carboxylic acids is 1. The summed E-state index contributed by atoms with van der Waals surface area (Å²) >= 11 is 0. The summed E-state index contributed by atoms with van der Waals surface area (Å²) in [6.45, 7) is 2.75. The summed E-state index contributed by atoms with van der Waals surface area (Å²) in [5.41, 5.74) is 0. The number of ether oxygens (including phenoxy) is 1. The Kier molecular flexibility index (Phi) is 9.22. The molecule has 0 aromatic rings. The van der Waals surface area contributed by atoms with Gasteiger partial charge in [-0.05, 0) is 12.8 Å². The molecule has 148 valence electrons. The summed E-state index contributed by atoms with van der Waals surface area (Å²) in [6.07, 6.45) is -6.72. The van der Waals surface area contributed by atoms with Crippen LogP contribution in [0.3, 0.4) is 0 Å². The second kappa shape index (κ2) is 10.4. The van der Waals surface area contributed by atoms with E-state index in [-0.39, 0.29) is 38.4 Å². The first-order valence-corrected chi connectivity index (χ1v) is 8.68. The topological polar surface area (TPSA) is 160 Å². The Bertz CT molecular complexity index is 408. The van der Waals surface area contributed by atoms with Crippen LogP contribution in [0.1, 0.15) is 33.1 Å². The van der Waals surface area contributed by atoms with Gasteiger partial charge in [0.25, 0.3) is 0 Å². The van der Waals surface area contributed by atoms with Crippen molar-refractivity contribution in [3.05, 3.63) is 0 Å². The van der Waals surface area contributed by atoms with Crippen molar-refractivity contribution in [3.8, 4) is 0 Å². The van der Waals surface area contributed by atoms with Gasteiger partial charge < -0.3 is 40.7 Å². The lowest BCUT2D eigenvalue weighted by Gasteiger charge is -2.40. The number of aliphatic hydroxyl groups excluding tert-OH is 6. The second-order valence-electron chi connectivity index (χ2n) is 6.52. The van der Waals surface area contributed by atoms with Crippen LogP contribution in [-0.2, 0) is 9.53 Å². The lowest BCUT2D eigenvalue weighted by molar-refractivity contribution is -0.182. The Labute approximate surface area is 147 Å². The standard InChI is InChI=1S/C16H31NO8/c1-3-10(19)14(22)9(17-12(20)4-2)7-25-11-5-8(6-18)13(21)16(24)15(11)23/h8-11,13-16,18-19,21-24H,3-7H2,1-2H3,(H,17,20). The molecule has 25 heavy (non-hydrogen) atoms. The molecule has 1 amide bonds. The van der Waals surface area contributed by atoms with Gasteiger partial charge in [-0.25, -0.2) is 0 Å². The Morgan fingerprint density at radius 2 is 1.80 bits per heavy atom. The predicted molar refractivity (Wildman–Crippen MR) is 87.5 cm³/mol. The van der Waals surface area contributed by atoms with E-state index in [1.807, 2.05) is 0 Å². The molecule has 8 unspecified atom stereocenters. The van der Waals surface area contributed by atoms with E-state index in [1.165, 1.54) is 0 Å². The van der Waals surface area contributed by atoms with Crippen LogP contribution in [0.2, 0.25) is 0 Å². The average molecular weight is 365 g/mol. The van der Waals surface area contributed by atoms with E-state index in [0.29, 0.717) is 0 Å². The van der Waals surface area contributed by atoms with Gasteiger partial charge in [0.1, 0.15) is 18.3 Å². The SMILES string of the molecule is CCC(=O)NC(COC1CC(CO)C(O)C(O)C1O)C(O)C(O)CC. The van der Waals surface area contributed by atoms with Gasteiger partial charge in [-0.3, -0.25) is 4.79 Å². The summed E-state index contributed by atoms with van der Waals surface area (Å²) in [5.74, 6) is -0.984. The van der Waals surface area contributed by atoms with Crippen LogP contribution >= 0.6 is 0 Å². The lowest BCUT2D eigenvalue weighted by Crippen LogP contribution is -2.57. The minimum atomic E-state index is -1.47. The molecular formula is C16H31NO8. The van der Waals surface area contributed by atoms with Crippen molar-refractivity contribution >= 4 is 5.91 Å². The van der Waals surface area contributed by atoms with Crippen molar-refractivity contribution in [2.75, 3.05) is 13.2 Å². The van der Waals surface area contributed by atoms with Crippen molar-refractivity contribution in [1.29, 1.82) is 0 Å². The van der Waals surface area contributed by atoms with Gasteiger partial charge in [0, 0.05) is 18.9 Å². The van der Waals surface area contributed by atoms with Gasteiger partial charge in [0.2, 0.25) is 5.91 Å². The zero-order valence-electron chi connectivity index (χ0n) is 14.7. The highest BCUT2D eigenvalue weighted by molar-refractivity contribution is 5.75. The van der Waals surface area contributed by atoms with Crippen LogP contribution < -0.4 is 5.32 Å². The zero-order valence-corrected chi connectivity index (χ0v) is 14.7. The van der Waals surface area contributed by atoms with Crippen LogP contribution in [0.25, 0.3) is 0 Å². The van der Waals surface area contributed by atoms with E-state index in [1.54, 1.807) is 13.8 Å². The Balaban J connectivity index is 2.75. The fourth-order valence-electron chi connectivity index (χ4n) is 2.90. The second-order valence-corrected chi connectivity index (χ2v) is 6.52. The molecule has 8 atom stereocenters. The highest BCUT2D eigenvalue weighted by Crippen LogP contribution is 2.27. The molecular weight excluding hydrogens is 334 g/mol. The fraction of sp³-hybridized carbons (Fsp3) is 0.938. The molecule has 1 aliphatic rings. The van der Waals surface area contributed by atoms with E-state index >= 15 is 0 Å². The van der Waals surface area contributed by atoms with Gasteiger partial charge in [-0.2, -0.15) is 0 Å². The summed E-state index contributed by atoms with van der Waals surface area (Å²) in [6, 6.07) is -0.897. The number of carbonyl (C=O) groups is 1. The first kappa shape index (κ1) is 22.2. The molecule has 9 heteroatoms. The van der Waals surface area contributed by atoms with Crippen molar-refractivity contribution in [2.45, 2.75) is 75.8 Å². The molecule has 0 spiro atoms. The molecule has 7 N–H and O–H groups in total. The molecule has 1 fully saturated rings. The number of hydrogen-bond acceptors (Lipinski definition) is 8. The number of amides is 1. The molecule has 0 heterocycles. The van der Waals surface area contributed by atoms with Crippen molar-refractivity contribution in [2.24, 2.45) is 5.92 Å². The third kappa shape index (κ3) is 5.85. The highest BCUT2D eigenvalue weighted by Gasteiger charge is 2.43. The van der Waals surface area contributed by atoms with E-state index < -0.39 is 48.6 Å². The molecule has 0 aliphatic heterocycles. The average Bonchev–Trinajstić information content (AvgIpc) is 2.62. The number of aliphatic hydroxyl groups is 6. The van der Waals surface area contributed by atoms with Crippen LogP contribution in [0.5, 0.6) is 0 Å². The van der Waals surface area contributed by atoms with Crippen LogP contribution in [0, 0.1) is 5.92 Å². The van der Waals surface area contributed by atoms with Gasteiger partial charge in [0.15, 0.2) is 0 Å². The van der Waals surface area contributed by atoms with Crippen LogP contribution in [0.4, 0.5) is 0 Å². The number of nitrogens with one attached hydrogen (secondary N) is 1. The maximum absolute atomic E-state index is 11.6. The minimum Gasteiger partial charge on any atom is -0.396 e. The first-order chi connectivity index (χ1) is 11.8. The van der Waals surface area contributed by atoms with E-state index in [9.17, 15) is 35.4 Å². The van der Waals surface area contributed by atoms with Crippen molar-refractivity contribution < 1.29 is 40.2 Å². The smallest absolute Gasteiger partial charge is 0.220 e. The third-order valence-electron chi connectivity index (χ3n) is 4.72. The monoisotopic (exact) mass is 365 g/mol.